The van der Waals surface area contributed by atoms with Crippen LogP contribution >= 0.6 is 0 Å². The van der Waals surface area contributed by atoms with Crippen LogP contribution in [0.2, 0.25) is 0 Å². The monoisotopic (exact) mass is 341 g/mol. The van der Waals surface area contributed by atoms with Crippen molar-refractivity contribution in [2.24, 2.45) is 0 Å². The number of hydrogen-bond donors (Lipinski definition) is 2. The van der Waals surface area contributed by atoms with Crippen LogP contribution in [0.1, 0.15) is 0 Å². The molecule has 2 aromatic carbocycles. The largest absolute Gasteiger partial charge is 0.339 e. The summed E-state index contributed by atoms with van der Waals surface area (Å²) in [5.74, 6) is 0.649. The van der Waals surface area contributed by atoms with Crippen molar-refractivity contribution in [2.45, 2.75) is 0 Å². The standard InChI is InChI=1S/C20H15N5O/c26-20-12-10-18(23-25-20)15-7-4-8-16(13-15)21-19-11-9-17(22-24-19)14-5-2-1-3-6-14/h1-13H,(H,21,24)(H,25,26). The second-order valence-electron chi connectivity index (χ2n) is 5.68. The van der Waals surface area contributed by atoms with Crippen molar-refractivity contribution in [3.63, 3.8) is 0 Å². The minimum absolute atomic E-state index is 0.225. The molecule has 0 radical (unpaired) electrons. The number of nitrogens with zero attached hydrogens (tertiary/aromatic N) is 3. The van der Waals surface area contributed by atoms with E-state index in [0.29, 0.717) is 11.5 Å². The molecule has 0 unspecified atom stereocenters. The van der Waals surface area contributed by atoms with Crippen LogP contribution < -0.4 is 10.9 Å². The Labute approximate surface area is 149 Å². The number of aromatic nitrogens is 4. The van der Waals surface area contributed by atoms with Crippen molar-refractivity contribution >= 4 is 11.5 Å². The van der Waals surface area contributed by atoms with Crippen LogP contribution in [0.5, 0.6) is 0 Å². The van der Waals surface area contributed by atoms with E-state index in [1.807, 2.05) is 66.7 Å². The van der Waals surface area contributed by atoms with Gasteiger partial charge in [0.15, 0.2) is 5.82 Å². The molecule has 0 aliphatic carbocycles. The van der Waals surface area contributed by atoms with Gasteiger partial charge < -0.3 is 5.32 Å². The van der Waals surface area contributed by atoms with Gasteiger partial charge in [0.1, 0.15) is 0 Å². The minimum Gasteiger partial charge on any atom is -0.339 e. The van der Waals surface area contributed by atoms with Gasteiger partial charge in [0.05, 0.1) is 11.4 Å². The SMILES string of the molecule is O=c1ccc(-c2cccc(Nc3ccc(-c4ccccc4)nn3)c2)n[nH]1. The van der Waals surface area contributed by atoms with Gasteiger partial charge in [-0.25, -0.2) is 5.10 Å². The van der Waals surface area contributed by atoms with E-state index in [2.05, 4.69) is 25.7 Å². The Bertz CT molecular complexity index is 1050. The summed E-state index contributed by atoms with van der Waals surface area (Å²) in [5, 5.41) is 18.2. The van der Waals surface area contributed by atoms with Gasteiger partial charge in [0.2, 0.25) is 0 Å². The highest BCUT2D eigenvalue weighted by Crippen LogP contribution is 2.23. The number of anilines is 2. The number of hydrogen-bond acceptors (Lipinski definition) is 5. The zero-order chi connectivity index (χ0) is 17.8. The van der Waals surface area contributed by atoms with Gasteiger partial charge in [0.25, 0.3) is 5.56 Å². The van der Waals surface area contributed by atoms with E-state index in [-0.39, 0.29) is 5.56 Å². The zero-order valence-corrected chi connectivity index (χ0v) is 13.8. The van der Waals surface area contributed by atoms with Gasteiger partial charge in [-0.2, -0.15) is 5.10 Å². The molecule has 0 fully saturated rings. The van der Waals surface area contributed by atoms with Gasteiger partial charge in [-0.3, -0.25) is 4.79 Å². The Balaban J connectivity index is 1.55. The van der Waals surface area contributed by atoms with Gasteiger partial charge in [-0.05, 0) is 30.3 Å². The summed E-state index contributed by atoms with van der Waals surface area (Å²) in [6.07, 6.45) is 0. The predicted octanol–water partition coefficient (Wildman–Crippen LogP) is 3.64. The lowest BCUT2D eigenvalue weighted by molar-refractivity contribution is 0.995. The van der Waals surface area contributed by atoms with E-state index in [9.17, 15) is 4.79 Å². The lowest BCUT2D eigenvalue weighted by Gasteiger charge is -2.08. The van der Waals surface area contributed by atoms with Crippen molar-refractivity contribution in [3.8, 4) is 22.5 Å². The first-order valence-corrected chi connectivity index (χ1v) is 8.10. The zero-order valence-electron chi connectivity index (χ0n) is 13.8. The third kappa shape index (κ3) is 3.49. The Kier molecular flexibility index (Phi) is 4.22. The van der Waals surface area contributed by atoms with Gasteiger partial charge in [0, 0.05) is 22.9 Å². The maximum atomic E-state index is 11.1. The molecule has 0 saturated heterocycles. The van der Waals surface area contributed by atoms with Crippen molar-refractivity contribution in [3.05, 3.63) is 89.2 Å². The quantitative estimate of drug-likeness (QED) is 0.592. The van der Waals surface area contributed by atoms with Crippen molar-refractivity contribution in [1.29, 1.82) is 0 Å². The van der Waals surface area contributed by atoms with E-state index in [1.165, 1.54) is 6.07 Å². The lowest BCUT2D eigenvalue weighted by Crippen LogP contribution is -2.05. The molecule has 0 spiro atoms. The molecule has 2 N–H and O–H groups in total. The summed E-state index contributed by atoms with van der Waals surface area (Å²) in [5.41, 5.74) is 4.06. The molecule has 4 rings (SSSR count). The molecule has 4 aromatic rings. The maximum Gasteiger partial charge on any atom is 0.264 e. The Morgan fingerprint density at radius 2 is 1.54 bits per heavy atom. The molecule has 0 amide bonds. The Morgan fingerprint density at radius 1 is 0.731 bits per heavy atom. The highest BCUT2D eigenvalue weighted by atomic mass is 16.1. The van der Waals surface area contributed by atoms with Crippen LogP contribution in [0.15, 0.2) is 83.7 Å². The molecule has 0 aliphatic heterocycles. The Morgan fingerprint density at radius 3 is 2.27 bits per heavy atom. The summed E-state index contributed by atoms with van der Waals surface area (Å²) in [6.45, 7) is 0. The molecule has 0 aliphatic rings. The first-order valence-electron chi connectivity index (χ1n) is 8.10. The smallest absolute Gasteiger partial charge is 0.264 e. The van der Waals surface area contributed by atoms with Crippen LogP contribution in [0.3, 0.4) is 0 Å². The highest BCUT2D eigenvalue weighted by Gasteiger charge is 2.04. The molecule has 6 heteroatoms. The van der Waals surface area contributed by atoms with E-state index >= 15 is 0 Å². The fourth-order valence-corrected chi connectivity index (χ4v) is 2.57. The van der Waals surface area contributed by atoms with Gasteiger partial charge in [-0.1, -0.05) is 42.5 Å². The maximum absolute atomic E-state index is 11.1. The number of H-pyrrole nitrogens is 1. The van der Waals surface area contributed by atoms with Crippen LogP contribution in [-0.2, 0) is 0 Å². The molecule has 2 aromatic heterocycles. The third-order valence-electron chi connectivity index (χ3n) is 3.84. The molecule has 126 valence electrons. The lowest BCUT2D eigenvalue weighted by atomic mass is 10.1. The van der Waals surface area contributed by atoms with Crippen molar-refractivity contribution in [1.82, 2.24) is 20.4 Å². The molecular formula is C20H15N5O. The molecular weight excluding hydrogens is 326 g/mol. The molecule has 0 saturated carbocycles. The minimum atomic E-state index is -0.225. The normalized spacial score (nSPS) is 10.5. The van der Waals surface area contributed by atoms with E-state index < -0.39 is 0 Å². The predicted molar refractivity (Wildman–Crippen MR) is 101 cm³/mol. The first kappa shape index (κ1) is 15.7. The second kappa shape index (κ2) is 6.98. The van der Waals surface area contributed by atoms with E-state index in [4.69, 9.17) is 0 Å². The summed E-state index contributed by atoms with van der Waals surface area (Å²) in [7, 11) is 0. The summed E-state index contributed by atoms with van der Waals surface area (Å²) in [4.78, 5) is 11.1. The molecule has 0 atom stereocenters. The fourth-order valence-electron chi connectivity index (χ4n) is 2.57. The fraction of sp³-hybridized carbons (Fsp3) is 0. The summed E-state index contributed by atoms with van der Waals surface area (Å²) < 4.78 is 0. The third-order valence-corrected chi connectivity index (χ3v) is 3.84. The van der Waals surface area contributed by atoms with Crippen LogP contribution in [-0.4, -0.2) is 20.4 Å². The number of aromatic amines is 1. The van der Waals surface area contributed by atoms with E-state index in [1.54, 1.807) is 6.07 Å². The van der Waals surface area contributed by atoms with Crippen LogP contribution in [0, 0.1) is 0 Å². The summed E-state index contributed by atoms with van der Waals surface area (Å²) in [6, 6.07) is 24.6. The van der Waals surface area contributed by atoms with Crippen LogP contribution in [0.4, 0.5) is 11.5 Å². The average molecular weight is 341 g/mol. The summed E-state index contributed by atoms with van der Waals surface area (Å²) >= 11 is 0. The molecule has 0 bridgehead atoms. The average Bonchev–Trinajstić information content (AvgIpc) is 2.70. The van der Waals surface area contributed by atoms with Gasteiger partial charge >= 0.3 is 0 Å². The van der Waals surface area contributed by atoms with Gasteiger partial charge in [-0.15, -0.1) is 10.2 Å². The molecule has 2 heterocycles. The Hall–Kier alpha value is -3.80. The number of rotatable bonds is 4. The van der Waals surface area contributed by atoms with E-state index in [0.717, 1.165) is 22.5 Å². The highest BCUT2D eigenvalue weighted by molar-refractivity contribution is 5.68. The second-order valence-corrected chi connectivity index (χ2v) is 5.68. The van der Waals surface area contributed by atoms with Crippen molar-refractivity contribution in [2.75, 3.05) is 5.32 Å². The van der Waals surface area contributed by atoms with Crippen molar-refractivity contribution < 1.29 is 0 Å². The number of nitrogens with one attached hydrogen (secondary N) is 2. The first-order chi connectivity index (χ1) is 12.8. The topological polar surface area (TPSA) is 83.6 Å². The molecule has 6 nitrogen and oxygen atoms in total. The van der Waals surface area contributed by atoms with Crippen LogP contribution in [0.25, 0.3) is 22.5 Å². The molecule has 26 heavy (non-hydrogen) atoms. The number of benzene rings is 2.